The van der Waals surface area contributed by atoms with E-state index >= 15 is 0 Å². The number of rotatable bonds is 4. The molecule has 1 N–H and O–H groups in total. The number of nitrogens with one attached hydrogen (secondary N) is 1. The molecule has 0 bridgehead atoms. The Kier molecular flexibility index (Phi) is 4.06. The van der Waals surface area contributed by atoms with Crippen molar-refractivity contribution in [3.05, 3.63) is 24.0 Å². The predicted octanol–water partition coefficient (Wildman–Crippen LogP) is 0.178. The predicted molar refractivity (Wildman–Crippen MR) is 64.4 cm³/mol. The first-order valence-electron chi connectivity index (χ1n) is 5.76. The fraction of sp³-hybridized carbons (Fsp3) is 0.500. The van der Waals surface area contributed by atoms with Crippen molar-refractivity contribution in [1.82, 2.24) is 15.2 Å². The molecule has 0 saturated carbocycles. The lowest BCUT2D eigenvalue weighted by molar-refractivity contribution is 0.0913. The van der Waals surface area contributed by atoms with Crippen molar-refractivity contribution in [2.24, 2.45) is 0 Å². The van der Waals surface area contributed by atoms with E-state index in [1.807, 2.05) is 0 Å². The van der Waals surface area contributed by atoms with Gasteiger partial charge in [-0.25, -0.2) is 4.98 Å². The Labute approximate surface area is 101 Å². The third kappa shape index (κ3) is 3.01. The second kappa shape index (κ2) is 5.75. The lowest BCUT2D eigenvalue weighted by Crippen LogP contribution is -2.45. The molecule has 17 heavy (non-hydrogen) atoms. The minimum absolute atomic E-state index is 0.0179. The molecule has 1 aliphatic heterocycles. The summed E-state index contributed by atoms with van der Waals surface area (Å²) in [6, 6.07) is 3.53. The van der Waals surface area contributed by atoms with Crippen LogP contribution in [-0.4, -0.2) is 55.5 Å². The Morgan fingerprint density at radius 3 is 3.00 bits per heavy atom. The monoisotopic (exact) mass is 235 g/mol. The molecule has 1 saturated heterocycles. The summed E-state index contributed by atoms with van der Waals surface area (Å²) in [6.07, 6.45) is 1.62. The van der Waals surface area contributed by atoms with Crippen LogP contribution in [0.25, 0.3) is 0 Å². The summed E-state index contributed by atoms with van der Waals surface area (Å²) < 4.78 is 5.14. The molecule has 0 aliphatic carbocycles. The molecule has 1 fully saturated rings. The Balaban J connectivity index is 2.03. The van der Waals surface area contributed by atoms with Gasteiger partial charge in [-0.3, -0.25) is 9.69 Å². The fourth-order valence-electron chi connectivity index (χ4n) is 1.91. The van der Waals surface area contributed by atoms with E-state index in [4.69, 9.17) is 4.74 Å². The van der Waals surface area contributed by atoms with Crippen LogP contribution in [0.1, 0.15) is 10.5 Å². The van der Waals surface area contributed by atoms with E-state index < -0.39 is 0 Å². The highest BCUT2D eigenvalue weighted by Gasteiger charge is 2.18. The van der Waals surface area contributed by atoms with Crippen molar-refractivity contribution >= 4 is 5.78 Å². The SMILES string of the molecule is COc1cccnc1C(=O)CN1CCNCC1. The summed E-state index contributed by atoms with van der Waals surface area (Å²) in [5, 5.41) is 3.26. The number of pyridine rings is 1. The normalized spacial score (nSPS) is 16.8. The molecule has 2 heterocycles. The zero-order valence-corrected chi connectivity index (χ0v) is 9.98. The summed E-state index contributed by atoms with van der Waals surface area (Å²) in [5.41, 5.74) is 0.425. The molecule has 0 atom stereocenters. The first kappa shape index (κ1) is 12.0. The van der Waals surface area contributed by atoms with Gasteiger partial charge in [0.2, 0.25) is 0 Å². The van der Waals surface area contributed by atoms with Gasteiger partial charge in [0.15, 0.2) is 5.78 Å². The highest BCUT2D eigenvalue weighted by atomic mass is 16.5. The second-order valence-corrected chi connectivity index (χ2v) is 4.00. The zero-order chi connectivity index (χ0) is 12.1. The summed E-state index contributed by atoms with van der Waals surface area (Å²) >= 11 is 0. The Morgan fingerprint density at radius 1 is 1.53 bits per heavy atom. The second-order valence-electron chi connectivity index (χ2n) is 4.00. The Hall–Kier alpha value is -1.46. The quantitative estimate of drug-likeness (QED) is 0.754. The van der Waals surface area contributed by atoms with Crippen LogP contribution >= 0.6 is 0 Å². The van der Waals surface area contributed by atoms with E-state index in [0.717, 1.165) is 26.2 Å². The number of carbonyl (C=O) groups excluding carboxylic acids is 1. The van der Waals surface area contributed by atoms with Gasteiger partial charge in [0.1, 0.15) is 11.4 Å². The first-order chi connectivity index (χ1) is 8.31. The van der Waals surface area contributed by atoms with Crippen molar-refractivity contribution in [2.75, 3.05) is 39.8 Å². The van der Waals surface area contributed by atoms with Gasteiger partial charge >= 0.3 is 0 Å². The van der Waals surface area contributed by atoms with E-state index in [-0.39, 0.29) is 5.78 Å². The van der Waals surface area contributed by atoms with Gasteiger partial charge in [-0.15, -0.1) is 0 Å². The molecule has 1 aliphatic rings. The van der Waals surface area contributed by atoms with Crippen LogP contribution in [0.3, 0.4) is 0 Å². The number of Topliss-reactive ketones (excluding diaryl/α,β-unsaturated/α-hetero) is 1. The molecule has 0 amide bonds. The van der Waals surface area contributed by atoms with E-state index in [0.29, 0.717) is 18.0 Å². The number of hydrogen-bond donors (Lipinski definition) is 1. The third-order valence-electron chi connectivity index (χ3n) is 2.83. The number of ether oxygens (including phenoxy) is 1. The van der Waals surface area contributed by atoms with Gasteiger partial charge in [0, 0.05) is 32.4 Å². The van der Waals surface area contributed by atoms with E-state index in [2.05, 4.69) is 15.2 Å². The molecule has 0 radical (unpaired) electrons. The van der Waals surface area contributed by atoms with Crippen LogP contribution in [0.2, 0.25) is 0 Å². The molecular weight excluding hydrogens is 218 g/mol. The van der Waals surface area contributed by atoms with Crippen LogP contribution in [0.4, 0.5) is 0 Å². The number of ketones is 1. The molecule has 5 nitrogen and oxygen atoms in total. The first-order valence-corrected chi connectivity index (χ1v) is 5.76. The summed E-state index contributed by atoms with van der Waals surface area (Å²) in [7, 11) is 1.55. The summed E-state index contributed by atoms with van der Waals surface area (Å²) in [6.45, 7) is 4.09. The van der Waals surface area contributed by atoms with Crippen molar-refractivity contribution < 1.29 is 9.53 Å². The van der Waals surface area contributed by atoms with Gasteiger partial charge in [0.25, 0.3) is 0 Å². The molecule has 1 aromatic rings. The van der Waals surface area contributed by atoms with Crippen LogP contribution in [-0.2, 0) is 0 Å². The van der Waals surface area contributed by atoms with E-state index in [1.54, 1.807) is 25.4 Å². The minimum atomic E-state index is 0.0179. The molecule has 5 heteroatoms. The van der Waals surface area contributed by atoms with Crippen LogP contribution in [0.15, 0.2) is 18.3 Å². The molecular formula is C12H17N3O2. The largest absolute Gasteiger partial charge is 0.494 e. The van der Waals surface area contributed by atoms with Gasteiger partial charge < -0.3 is 10.1 Å². The van der Waals surface area contributed by atoms with Crippen LogP contribution in [0, 0.1) is 0 Å². The minimum Gasteiger partial charge on any atom is -0.494 e. The van der Waals surface area contributed by atoms with Crippen LogP contribution in [0.5, 0.6) is 5.75 Å². The number of hydrogen-bond acceptors (Lipinski definition) is 5. The zero-order valence-electron chi connectivity index (χ0n) is 9.98. The maximum absolute atomic E-state index is 12.1. The lowest BCUT2D eigenvalue weighted by Gasteiger charge is -2.26. The topological polar surface area (TPSA) is 54.5 Å². The number of carbonyl (C=O) groups is 1. The highest BCUT2D eigenvalue weighted by molar-refractivity contribution is 5.98. The van der Waals surface area contributed by atoms with Crippen molar-refractivity contribution in [2.45, 2.75) is 0 Å². The maximum atomic E-state index is 12.1. The summed E-state index contributed by atoms with van der Waals surface area (Å²) in [4.78, 5) is 18.3. The van der Waals surface area contributed by atoms with E-state index in [1.165, 1.54) is 0 Å². The van der Waals surface area contributed by atoms with Gasteiger partial charge in [-0.05, 0) is 12.1 Å². The fourth-order valence-corrected chi connectivity index (χ4v) is 1.91. The lowest BCUT2D eigenvalue weighted by atomic mass is 10.2. The number of methoxy groups -OCH3 is 1. The highest BCUT2D eigenvalue weighted by Crippen LogP contribution is 2.15. The maximum Gasteiger partial charge on any atom is 0.198 e. The molecule has 0 aromatic carbocycles. The molecule has 92 valence electrons. The van der Waals surface area contributed by atoms with Crippen LogP contribution < -0.4 is 10.1 Å². The molecule has 0 unspecified atom stereocenters. The number of nitrogens with zero attached hydrogens (tertiary/aromatic N) is 2. The van der Waals surface area contributed by atoms with Gasteiger partial charge in [0.05, 0.1) is 13.7 Å². The van der Waals surface area contributed by atoms with Crippen molar-refractivity contribution in [3.8, 4) is 5.75 Å². The average Bonchev–Trinajstić information content (AvgIpc) is 2.40. The molecule has 1 aromatic heterocycles. The number of aromatic nitrogens is 1. The smallest absolute Gasteiger partial charge is 0.198 e. The molecule has 0 spiro atoms. The van der Waals surface area contributed by atoms with E-state index in [9.17, 15) is 4.79 Å². The van der Waals surface area contributed by atoms with Crippen molar-refractivity contribution in [3.63, 3.8) is 0 Å². The van der Waals surface area contributed by atoms with Crippen molar-refractivity contribution in [1.29, 1.82) is 0 Å². The standard InChI is InChI=1S/C12H17N3O2/c1-17-11-3-2-4-14-12(11)10(16)9-15-7-5-13-6-8-15/h2-4,13H,5-9H2,1H3. The summed E-state index contributed by atoms with van der Waals surface area (Å²) in [5.74, 6) is 0.567. The Bertz CT molecular complexity index is 389. The third-order valence-corrected chi connectivity index (χ3v) is 2.83. The number of piperazine rings is 1. The average molecular weight is 235 g/mol. The van der Waals surface area contributed by atoms with Gasteiger partial charge in [-0.1, -0.05) is 0 Å². The molecule has 2 rings (SSSR count). The Morgan fingerprint density at radius 2 is 2.29 bits per heavy atom. The van der Waals surface area contributed by atoms with Gasteiger partial charge in [-0.2, -0.15) is 0 Å².